The van der Waals surface area contributed by atoms with E-state index in [1.807, 2.05) is 30.3 Å². The molecule has 0 bridgehead atoms. The summed E-state index contributed by atoms with van der Waals surface area (Å²) >= 11 is 0. The van der Waals surface area contributed by atoms with Gasteiger partial charge in [-0.25, -0.2) is 5.10 Å². The third-order valence-corrected chi connectivity index (χ3v) is 4.73. The fourth-order valence-electron chi connectivity index (χ4n) is 3.16. The van der Waals surface area contributed by atoms with Crippen LogP contribution in [0.4, 0.5) is 5.69 Å². The van der Waals surface area contributed by atoms with Gasteiger partial charge < -0.3 is 9.30 Å². The van der Waals surface area contributed by atoms with E-state index in [1.54, 1.807) is 24.4 Å². The smallest absolute Gasteiger partial charge is 0.269 e. The van der Waals surface area contributed by atoms with Gasteiger partial charge in [0.25, 0.3) is 11.2 Å². The molecule has 10 nitrogen and oxygen atoms in total. The Hall–Kier alpha value is -4.34. The van der Waals surface area contributed by atoms with Crippen LogP contribution in [0.5, 0.6) is 5.75 Å². The van der Waals surface area contributed by atoms with Crippen molar-refractivity contribution < 1.29 is 9.66 Å². The highest BCUT2D eigenvalue weighted by Gasteiger charge is 2.14. The quantitative estimate of drug-likeness (QED) is 0.344. The second-order valence-electron chi connectivity index (χ2n) is 6.74. The number of aromatic nitrogens is 5. The summed E-state index contributed by atoms with van der Waals surface area (Å²) in [5, 5.41) is 24.6. The van der Waals surface area contributed by atoms with Crippen molar-refractivity contribution in [3.8, 4) is 17.1 Å². The zero-order chi connectivity index (χ0) is 21.6. The van der Waals surface area contributed by atoms with Crippen LogP contribution in [0.3, 0.4) is 0 Å². The Morgan fingerprint density at radius 2 is 1.94 bits per heavy atom. The van der Waals surface area contributed by atoms with Crippen LogP contribution >= 0.6 is 0 Å². The molecule has 0 aliphatic heterocycles. The summed E-state index contributed by atoms with van der Waals surface area (Å²) in [6.07, 6.45) is 2.02. The standard InChI is InChI=1S/C21H18N6O4/c28-21-18(20-22-24-25-23-20)7-4-11-26(21)12-10-16-13-17(27(29)30)8-9-19(16)31-14-15-5-2-1-3-6-15/h1-9,11,13H,10,12,14H2,(H,22,23,24,25). The number of ether oxygens (including phenoxy) is 1. The largest absolute Gasteiger partial charge is 0.489 e. The molecule has 10 heteroatoms. The fraction of sp³-hybridized carbons (Fsp3) is 0.143. The van der Waals surface area contributed by atoms with Crippen molar-refractivity contribution in [1.82, 2.24) is 25.2 Å². The molecule has 0 atom stereocenters. The van der Waals surface area contributed by atoms with Gasteiger partial charge in [-0.2, -0.15) is 0 Å². The minimum atomic E-state index is -0.450. The number of nitrogens with zero attached hydrogens (tertiary/aromatic N) is 5. The normalized spacial score (nSPS) is 10.7. The number of H-pyrrole nitrogens is 1. The molecule has 0 fully saturated rings. The Morgan fingerprint density at radius 1 is 1.10 bits per heavy atom. The number of aromatic amines is 1. The highest BCUT2D eigenvalue weighted by Crippen LogP contribution is 2.26. The van der Waals surface area contributed by atoms with E-state index in [1.165, 1.54) is 16.7 Å². The van der Waals surface area contributed by atoms with Gasteiger partial charge >= 0.3 is 0 Å². The zero-order valence-corrected chi connectivity index (χ0v) is 16.3. The van der Waals surface area contributed by atoms with Crippen LogP contribution in [0.25, 0.3) is 11.4 Å². The number of pyridine rings is 1. The molecule has 0 amide bonds. The van der Waals surface area contributed by atoms with Gasteiger partial charge in [0.2, 0.25) is 0 Å². The highest BCUT2D eigenvalue weighted by atomic mass is 16.6. The molecule has 2 heterocycles. The minimum Gasteiger partial charge on any atom is -0.489 e. The van der Waals surface area contributed by atoms with E-state index >= 15 is 0 Å². The molecule has 4 rings (SSSR count). The number of nitro benzene ring substituents is 1. The van der Waals surface area contributed by atoms with Gasteiger partial charge in [0.05, 0.1) is 10.5 Å². The van der Waals surface area contributed by atoms with Gasteiger partial charge in [-0.1, -0.05) is 30.3 Å². The molecule has 2 aromatic heterocycles. The first-order chi connectivity index (χ1) is 15.1. The summed E-state index contributed by atoms with van der Waals surface area (Å²) in [5.74, 6) is 0.819. The predicted octanol–water partition coefficient (Wildman–Crippen LogP) is 2.76. The van der Waals surface area contributed by atoms with E-state index in [0.717, 1.165) is 5.56 Å². The highest BCUT2D eigenvalue weighted by molar-refractivity contribution is 5.51. The molecular weight excluding hydrogens is 400 g/mol. The lowest BCUT2D eigenvalue weighted by atomic mass is 10.1. The minimum absolute atomic E-state index is 0.0316. The zero-order valence-electron chi connectivity index (χ0n) is 16.3. The summed E-state index contributed by atoms with van der Waals surface area (Å²) in [6, 6.07) is 17.5. The number of nitrogens with one attached hydrogen (secondary N) is 1. The summed E-state index contributed by atoms with van der Waals surface area (Å²) in [6.45, 7) is 0.636. The average molecular weight is 418 g/mol. The van der Waals surface area contributed by atoms with E-state index in [-0.39, 0.29) is 17.1 Å². The van der Waals surface area contributed by atoms with Crippen LogP contribution in [0.2, 0.25) is 0 Å². The number of hydrogen-bond donors (Lipinski definition) is 1. The summed E-state index contributed by atoms with van der Waals surface area (Å²) in [5.41, 5.74) is 1.67. The van der Waals surface area contributed by atoms with Gasteiger partial charge in [-0.05, 0) is 40.6 Å². The summed E-state index contributed by atoms with van der Waals surface area (Å²) in [7, 11) is 0. The molecule has 0 aliphatic carbocycles. The van der Waals surface area contributed by atoms with Crippen molar-refractivity contribution >= 4 is 5.69 Å². The van der Waals surface area contributed by atoms with E-state index < -0.39 is 4.92 Å². The third kappa shape index (κ3) is 4.64. The van der Waals surface area contributed by atoms with Crippen LogP contribution < -0.4 is 10.3 Å². The Labute approximate surface area is 176 Å². The number of hydrogen-bond acceptors (Lipinski definition) is 7. The van der Waals surface area contributed by atoms with Crippen LogP contribution in [0, 0.1) is 10.1 Å². The molecule has 0 saturated heterocycles. The molecule has 0 radical (unpaired) electrons. The molecule has 0 spiro atoms. The summed E-state index contributed by atoms with van der Waals surface area (Å²) < 4.78 is 7.43. The van der Waals surface area contributed by atoms with Crippen molar-refractivity contribution in [2.24, 2.45) is 0 Å². The summed E-state index contributed by atoms with van der Waals surface area (Å²) in [4.78, 5) is 23.6. The molecule has 1 N–H and O–H groups in total. The second kappa shape index (κ2) is 8.99. The molecule has 31 heavy (non-hydrogen) atoms. The lowest BCUT2D eigenvalue weighted by Gasteiger charge is -2.13. The number of benzene rings is 2. The molecule has 4 aromatic rings. The van der Waals surface area contributed by atoms with Gasteiger partial charge in [-0.15, -0.1) is 5.10 Å². The first-order valence-electron chi connectivity index (χ1n) is 9.49. The van der Waals surface area contributed by atoms with Crippen molar-refractivity contribution in [3.05, 3.63) is 98.5 Å². The maximum atomic E-state index is 12.8. The molecule has 156 valence electrons. The number of nitro groups is 1. The first kappa shape index (κ1) is 20.0. The first-order valence-corrected chi connectivity index (χ1v) is 9.49. The van der Waals surface area contributed by atoms with Crippen molar-refractivity contribution in [2.75, 3.05) is 0 Å². The molecule has 0 aliphatic rings. The molecule has 0 saturated carbocycles. The third-order valence-electron chi connectivity index (χ3n) is 4.73. The Bertz CT molecular complexity index is 1240. The van der Waals surface area contributed by atoms with Gasteiger partial charge in [0.1, 0.15) is 12.4 Å². The monoisotopic (exact) mass is 418 g/mol. The Kier molecular flexibility index (Phi) is 5.79. The van der Waals surface area contributed by atoms with Gasteiger partial charge in [0, 0.05) is 30.4 Å². The SMILES string of the molecule is O=c1c(-c2nnn[nH]2)cccn1CCc1cc([N+](=O)[O-])ccc1OCc1ccccc1. The number of rotatable bonds is 8. The number of aryl methyl sites for hydroxylation is 2. The van der Waals surface area contributed by atoms with E-state index in [9.17, 15) is 14.9 Å². The van der Waals surface area contributed by atoms with E-state index in [2.05, 4.69) is 20.6 Å². The maximum absolute atomic E-state index is 12.8. The lowest BCUT2D eigenvalue weighted by Crippen LogP contribution is -2.22. The van der Waals surface area contributed by atoms with Crippen molar-refractivity contribution in [2.45, 2.75) is 19.6 Å². The Balaban J connectivity index is 1.57. The van der Waals surface area contributed by atoms with E-state index in [4.69, 9.17) is 4.74 Å². The van der Waals surface area contributed by atoms with Crippen LogP contribution in [0.15, 0.2) is 71.7 Å². The molecule has 0 unspecified atom stereocenters. The number of tetrazole rings is 1. The van der Waals surface area contributed by atoms with Crippen molar-refractivity contribution in [1.29, 1.82) is 0 Å². The number of non-ortho nitro benzene ring substituents is 1. The fourth-order valence-corrected chi connectivity index (χ4v) is 3.16. The lowest BCUT2D eigenvalue weighted by molar-refractivity contribution is -0.384. The van der Waals surface area contributed by atoms with Crippen LogP contribution in [-0.4, -0.2) is 30.1 Å². The van der Waals surface area contributed by atoms with Gasteiger partial charge in [-0.3, -0.25) is 14.9 Å². The van der Waals surface area contributed by atoms with Crippen LogP contribution in [0.1, 0.15) is 11.1 Å². The van der Waals surface area contributed by atoms with Crippen LogP contribution in [-0.2, 0) is 19.6 Å². The Morgan fingerprint density at radius 3 is 2.68 bits per heavy atom. The topological polar surface area (TPSA) is 129 Å². The van der Waals surface area contributed by atoms with Crippen molar-refractivity contribution in [3.63, 3.8) is 0 Å². The second-order valence-corrected chi connectivity index (χ2v) is 6.74. The predicted molar refractivity (Wildman–Crippen MR) is 111 cm³/mol. The maximum Gasteiger partial charge on any atom is 0.269 e. The average Bonchev–Trinajstić information content (AvgIpc) is 3.32. The molecule has 2 aromatic carbocycles. The molecular formula is C21H18N6O4. The van der Waals surface area contributed by atoms with Gasteiger partial charge in [0.15, 0.2) is 5.82 Å². The van der Waals surface area contributed by atoms with E-state index in [0.29, 0.717) is 36.4 Å².